The third kappa shape index (κ3) is 3.03. The molecule has 2 rings (SSSR count). The average Bonchev–Trinajstić information content (AvgIpc) is 2.66. The van der Waals surface area contributed by atoms with Crippen molar-refractivity contribution in [1.29, 1.82) is 0 Å². The molecule has 1 aliphatic rings. The lowest BCUT2D eigenvalue weighted by molar-refractivity contribution is 0.301. The predicted octanol–water partition coefficient (Wildman–Crippen LogP) is 2.89. The van der Waals surface area contributed by atoms with Gasteiger partial charge < -0.3 is 15.4 Å². The molecule has 0 aromatic heterocycles. The van der Waals surface area contributed by atoms with Gasteiger partial charge in [0.2, 0.25) is 0 Å². The molecular formula is C16H26N2O. The van der Waals surface area contributed by atoms with Gasteiger partial charge in [0, 0.05) is 25.3 Å². The maximum Gasteiger partial charge on any atom is 0.119 e. The molecule has 0 radical (unpaired) electrons. The van der Waals surface area contributed by atoms with E-state index in [1.807, 2.05) is 12.1 Å². The third-order valence-corrected chi connectivity index (χ3v) is 4.59. The first kappa shape index (κ1) is 14.2. The maximum atomic E-state index is 6.38. The molecule has 1 aliphatic carbocycles. The van der Waals surface area contributed by atoms with Crippen LogP contribution in [0.5, 0.6) is 5.75 Å². The van der Waals surface area contributed by atoms with Crippen LogP contribution in [0.4, 0.5) is 5.69 Å². The Balaban J connectivity index is 1.99. The normalized spacial score (nSPS) is 25.3. The molecule has 3 heteroatoms. The average molecular weight is 262 g/mol. The van der Waals surface area contributed by atoms with Gasteiger partial charge in [0.15, 0.2) is 0 Å². The van der Waals surface area contributed by atoms with Crippen LogP contribution in [-0.4, -0.2) is 26.7 Å². The summed E-state index contributed by atoms with van der Waals surface area (Å²) >= 11 is 0. The van der Waals surface area contributed by atoms with E-state index >= 15 is 0 Å². The van der Waals surface area contributed by atoms with Crippen molar-refractivity contribution in [2.24, 2.45) is 17.1 Å². The van der Waals surface area contributed by atoms with Crippen molar-refractivity contribution in [1.82, 2.24) is 0 Å². The Kier molecular flexibility index (Phi) is 4.04. The second-order valence-electron chi connectivity index (χ2n) is 6.39. The SMILES string of the molecule is COc1ccc(N(C)CC2CCC(C)(C)C2N)cc1. The summed E-state index contributed by atoms with van der Waals surface area (Å²) in [4.78, 5) is 2.30. The molecule has 106 valence electrons. The number of rotatable bonds is 4. The van der Waals surface area contributed by atoms with E-state index in [-0.39, 0.29) is 5.41 Å². The van der Waals surface area contributed by atoms with Crippen molar-refractivity contribution in [3.05, 3.63) is 24.3 Å². The first-order valence-corrected chi connectivity index (χ1v) is 7.05. The van der Waals surface area contributed by atoms with E-state index in [0.29, 0.717) is 12.0 Å². The van der Waals surface area contributed by atoms with Crippen LogP contribution in [0.15, 0.2) is 24.3 Å². The highest BCUT2D eigenvalue weighted by Crippen LogP contribution is 2.40. The number of hydrogen-bond donors (Lipinski definition) is 1. The molecule has 0 spiro atoms. The summed E-state index contributed by atoms with van der Waals surface area (Å²) in [5.41, 5.74) is 7.89. The van der Waals surface area contributed by atoms with Gasteiger partial charge >= 0.3 is 0 Å². The minimum absolute atomic E-state index is 0.283. The van der Waals surface area contributed by atoms with E-state index < -0.39 is 0 Å². The molecule has 19 heavy (non-hydrogen) atoms. The molecule has 2 N–H and O–H groups in total. The van der Waals surface area contributed by atoms with Crippen LogP contribution < -0.4 is 15.4 Å². The maximum absolute atomic E-state index is 6.38. The molecule has 1 aromatic rings. The predicted molar refractivity (Wildman–Crippen MR) is 80.7 cm³/mol. The molecule has 2 unspecified atom stereocenters. The fourth-order valence-electron chi connectivity index (χ4n) is 3.04. The summed E-state index contributed by atoms with van der Waals surface area (Å²) in [5, 5.41) is 0. The minimum Gasteiger partial charge on any atom is -0.497 e. The van der Waals surface area contributed by atoms with Gasteiger partial charge in [0.25, 0.3) is 0 Å². The van der Waals surface area contributed by atoms with E-state index in [2.05, 4.69) is 37.9 Å². The van der Waals surface area contributed by atoms with E-state index in [4.69, 9.17) is 10.5 Å². The summed E-state index contributed by atoms with van der Waals surface area (Å²) < 4.78 is 5.19. The zero-order valence-electron chi connectivity index (χ0n) is 12.5. The molecule has 0 aliphatic heterocycles. The zero-order valence-corrected chi connectivity index (χ0v) is 12.5. The van der Waals surface area contributed by atoms with E-state index in [0.717, 1.165) is 12.3 Å². The molecule has 1 aromatic carbocycles. The van der Waals surface area contributed by atoms with E-state index in [9.17, 15) is 0 Å². The topological polar surface area (TPSA) is 38.5 Å². The fourth-order valence-corrected chi connectivity index (χ4v) is 3.04. The van der Waals surface area contributed by atoms with Gasteiger partial charge in [-0.3, -0.25) is 0 Å². The Bertz CT molecular complexity index is 413. The highest BCUT2D eigenvalue weighted by atomic mass is 16.5. The van der Waals surface area contributed by atoms with Crippen molar-refractivity contribution in [2.45, 2.75) is 32.7 Å². The van der Waals surface area contributed by atoms with E-state index in [1.54, 1.807) is 7.11 Å². The Labute approximate surface area is 116 Å². The van der Waals surface area contributed by atoms with Crippen LogP contribution in [-0.2, 0) is 0 Å². The number of ether oxygens (including phenoxy) is 1. The minimum atomic E-state index is 0.283. The zero-order chi connectivity index (χ0) is 14.0. The number of hydrogen-bond acceptors (Lipinski definition) is 3. The largest absolute Gasteiger partial charge is 0.497 e. The highest BCUT2D eigenvalue weighted by molar-refractivity contribution is 5.48. The summed E-state index contributed by atoms with van der Waals surface area (Å²) in [6, 6.07) is 8.51. The van der Waals surface area contributed by atoms with Gasteiger partial charge in [-0.2, -0.15) is 0 Å². The number of nitrogens with zero attached hydrogens (tertiary/aromatic N) is 1. The third-order valence-electron chi connectivity index (χ3n) is 4.59. The lowest BCUT2D eigenvalue weighted by Gasteiger charge is -2.30. The van der Waals surface area contributed by atoms with Gasteiger partial charge in [-0.15, -0.1) is 0 Å². The first-order valence-electron chi connectivity index (χ1n) is 7.05. The Hall–Kier alpha value is -1.22. The highest BCUT2D eigenvalue weighted by Gasteiger charge is 2.39. The summed E-state index contributed by atoms with van der Waals surface area (Å²) in [6.45, 7) is 5.59. The van der Waals surface area contributed by atoms with Crippen molar-refractivity contribution in [2.75, 3.05) is 25.6 Å². The van der Waals surface area contributed by atoms with Crippen LogP contribution in [0, 0.1) is 11.3 Å². The molecular weight excluding hydrogens is 236 g/mol. The molecule has 0 bridgehead atoms. The smallest absolute Gasteiger partial charge is 0.119 e. The standard InChI is InChI=1S/C16H26N2O/c1-16(2)10-9-12(15(16)17)11-18(3)13-5-7-14(19-4)8-6-13/h5-8,12,15H,9-11,17H2,1-4H3. The Morgan fingerprint density at radius 1 is 1.32 bits per heavy atom. The summed E-state index contributed by atoms with van der Waals surface area (Å²) in [6.07, 6.45) is 2.46. The second-order valence-corrected chi connectivity index (χ2v) is 6.39. The lowest BCUT2D eigenvalue weighted by atomic mass is 9.85. The van der Waals surface area contributed by atoms with Crippen LogP contribution >= 0.6 is 0 Å². The fraction of sp³-hybridized carbons (Fsp3) is 0.625. The molecule has 1 saturated carbocycles. The molecule has 0 saturated heterocycles. The summed E-state index contributed by atoms with van der Waals surface area (Å²) in [7, 11) is 3.83. The lowest BCUT2D eigenvalue weighted by Crippen LogP contribution is -2.41. The molecule has 0 heterocycles. The number of methoxy groups -OCH3 is 1. The van der Waals surface area contributed by atoms with E-state index in [1.165, 1.54) is 18.5 Å². The molecule has 1 fully saturated rings. The summed E-state index contributed by atoms with van der Waals surface area (Å²) in [5.74, 6) is 1.48. The van der Waals surface area contributed by atoms with Gasteiger partial charge in [0.1, 0.15) is 5.75 Å². The van der Waals surface area contributed by atoms with Gasteiger partial charge in [-0.05, 0) is 48.4 Å². The number of anilines is 1. The van der Waals surface area contributed by atoms with Crippen molar-refractivity contribution in [3.63, 3.8) is 0 Å². The van der Waals surface area contributed by atoms with Crippen LogP contribution in [0.1, 0.15) is 26.7 Å². The number of nitrogens with two attached hydrogens (primary N) is 1. The molecule has 3 nitrogen and oxygen atoms in total. The van der Waals surface area contributed by atoms with Crippen molar-refractivity contribution >= 4 is 5.69 Å². The Morgan fingerprint density at radius 3 is 2.42 bits per heavy atom. The van der Waals surface area contributed by atoms with Crippen molar-refractivity contribution in [3.8, 4) is 5.75 Å². The van der Waals surface area contributed by atoms with Crippen molar-refractivity contribution < 1.29 is 4.74 Å². The van der Waals surface area contributed by atoms with Gasteiger partial charge in [0.05, 0.1) is 7.11 Å². The second kappa shape index (κ2) is 5.41. The molecule has 2 atom stereocenters. The van der Waals surface area contributed by atoms with Crippen LogP contribution in [0.2, 0.25) is 0 Å². The van der Waals surface area contributed by atoms with Gasteiger partial charge in [-0.1, -0.05) is 13.8 Å². The first-order chi connectivity index (χ1) is 8.94. The van der Waals surface area contributed by atoms with Crippen LogP contribution in [0.25, 0.3) is 0 Å². The van der Waals surface area contributed by atoms with Crippen LogP contribution in [0.3, 0.4) is 0 Å². The number of benzene rings is 1. The monoisotopic (exact) mass is 262 g/mol. The quantitative estimate of drug-likeness (QED) is 0.906. The van der Waals surface area contributed by atoms with Gasteiger partial charge in [-0.25, -0.2) is 0 Å². The molecule has 0 amide bonds. The Morgan fingerprint density at radius 2 is 1.95 bits per heavy atom.